The molecule has 37 heavy (non-hydrogen) atoms. The van der Waals surface area contributed by atoms with E-state index >= 15 is 0 Å². The lowest BCUT2D eigenvalue weighted by molar-refractivity contribution is -0.382. The van der Waals surface area contributed by atoms with E-state index in [9.17, 15) is 52.3 Å². The van der Waals surface area contributed by atoms with Crippen molar-refractivity contribution in [1.82, 2.24) is 0 Å². The van der Waals surface area contributed by atoms with Crippen molar-refractivity contribution in [3.8, 4) is 5.75 Å². The minimum atomic E-state index is -7.46. The van der Waals surface area contributed by atoms with E-state index in [-0.39, 0.29) is 47.3 Å². The van der Waals surface area contributed by atoms with Gasteiger partial charge in [0.2, 0.25) is 0 Å². The van der Waals surface area contributed by atoms with Crippen LogP contribution in [0.2, 0.25) is 0 Å². The molecule has 1 aliphatic rings. The van der Waals surface area contributed by atoms with Gasteiger partial charge in [-0.25, -0.2) is 4.39 Å². The number of rotatable bonds is 7. The number of hydrogen-bond donors (Lipinski definition) is 0. The normalized spacial score (nSPS) is 15.8. The minimum Gasteiger partial charge on any atom is -0.497 e. The van der Waals surface area contributed by atoms with Crippen LogP contribution >= 0.6 is 0 Å². The highest BCUT2D eigenvalue weighted by Gasteiger charge is 2.86. The van der Waals surface area contributed by atoms with Crippen LogP contribution in [0.1, 0.15) is 29.5 Å². The third-order valence-corrected chi connectivity index (χ3v) is 6.79. The summed E-state index contributed by atoms with van der Waals surface area (Å²) >= 11 is 0. The molecule has 0 fully saturated rings. The molecule has 0 saturated carbocycles. The van der Waals surface area contributed by atoms with Gasteiger partial charge in [-0.05, 0) is 60.7 Å². The van der Waals surface area contributed by atoms with Crippen LogP contribution in [0, 0.1) is 5.82 Å². The van der Waals surface area contributed by atoms with E-state index < -0.39 is 45.0 Å². The smallest absolute Gasteiger partial charge is 0.460 e. The predicted molar refractivity (Wildman–Crippen MR) is 110 cm³/mol. The van der Waals surface area contributed by atoms with Crippen LogP contribution in [0.3, 0.4) is 0 Å². The molecule has 0 spiro atoms. The summed E-state index contributed by atoms with van der Waals surface area (Å²) in [5, 5.41) is -7.04. The molecular weight excluding hydrogens is 550 g/mol. The highest BCUT2D eigenvalue weighted by molar-refractivity contribution is 7.88. The van der Waals surface area contributed by atoms with Crippen molar-refractivity contribution >= 4 is 21.5 Å². The van der Waals surface area contributed by atoms with E-state index in [0.29, 0.717) is 0 Å². The number of aryl methyl sites for hydroxylation is 1. The fourth-order valence-corrected chi connectivity index (χ4v) is 4.52. The van der Waals surface area contributed by atoms with Crippen LogP contribution in [-0.2, 0) is 20.7 Å². The van der Waals surface area contributed by atoms with Gasteiger partial charge in [-0.2, -0.15) is 47.9 Å². The molecule has 2 aromatic rings. The van der Waals surface area contributed by atoms with Crippen LogP contribution in [-0.4, -0.2) is 38.8 Å². The van der Waals surface area contributed by atoms with E-state index in [1.807, 2.05) is 0 Å². The quantitative estimate of drug-likeness (QED) is 0.273. The maximum Gasteiger partial charge on any atom is 0.460 e. The number of halogens is 10. The van der Waals surface area contributed by atoms with Crippen LogP contribution < -0.4 is 4.74 Å². The van der Waals surface area contributed by atoms with Crippen LogP contribution in [0.5, 0.6) is 5.75 Å². The SMILES string of the molecule is COc1ccc2c(c1)CCCC(c1ccc(F)cc1)=C2OS(=O)(=O)C(F)(F)C(F)(F)C(F)(F)C(F)(F)F. The molecule has 0 unspecified atom stereocenters. The Morgan fingerprint density at radius 1 is 0.811 bits per heavy atom. The molecule has 0 amide bonds. The second kappa shape index (κ2) is 9.40. The molecule has 0 saturated heterocycles. The Kier molecular flexibility index (Phi) is 7.27. The Morgan fingerprint density at radius 2 is 1.41 bits per heavy atom. The first kappa shape index (κ1) is 28.6. The Labute approximate surface area is 203 Å². The highest BCUT2D eigenvalue weighted by atomic mass is 32.2. The predicted octanol–water partition coefficient (Wildman–Crippen LogP) is 6.81. The third-order valence-electron chi connectivity index (χ3n) is 5.52. The van der Waals surface area contributed by atoms with Crippen molar-refractivity contribution < 1.29 is 61.2 Å². The summed E-state index contributed by atoms with van der Waals surface area (Å²) in [7, 11) is -5.94. The second-order valence-corrected chi connectivity index (χ2v) is 9.48. The van der Waals surface area contributed by atoms with Gasteiger partial charge < -0.3 is 8.92 Å². The van der Waals surface area contributed by atoms with Crippen molar-refractivity contribution in [2.75, 3.05) is 7.11 Å². The second-order valence-electron chi connectivity index (χ2n) is 7.89. The first-order chi connectivity index (χ1) is 16.9. The average Bonchev–Trinajstić information content (AvgIpc) is 2.97. The van der Waals surface area contributed by atoms with Crippen LogP contribution in [0.15, 0.2) is 42.5 Å². The summed E-state index contributed by atoms with van der Waals surface area (Å²) in [6.07, 6.45) is -7.05. The van der Waals surface area contributed by atoms with Crippen molar-refractivity contribution in [2.24, 2.45) is 0 Å². The van der Waals surface area contributed by atoms with E-state index in [1.165, 1.54) is 19.2 Å². The average molecular weight is 566 g/mol. The zero-order chi connectivity index (χ0) is 28.0. The first-order valence-electron chi connectivity index (χ1n) is 10.2. The molecule has 0 heterocycles. The summed E-state index contributed by atoms with van der Waals surface area (Å²) in [5.41, 5.74) is -0.291. The fraction of sp³-hybridized carbons (Fsp3) is 0.364. The van der Waals surface area contributed by atoms with Gasteiger partial charge in [0.25, 0.3) is 0 Å². The topological polar surface area (TPSA) is 52.6 Å². The molecule has 3 rings (SSSR count). The Hall–Kier alpha value is -2.97. The molecule has 0 N–H and O–H groups in total. The third kappa shape index (κ3) is 4.84. The number of alkyl halides is 9. The summed E-state index contributed by atoms with van der Waals surface area (Å²) in [6, 6.07) is 7.63. The number of methoxy groups -OCH3 is 1. The Bertz CT molecular complexity index is 1300. The molecular formula is C22H16F10O4S. The van der Waals surface area contributed by atoms with Crippen LogP contribution in [0.4, 0.5) is 43.9 Å². The lowest BCUT2D eigenvalue weighted by atomic mass is 9.99. The highest BCUT2D eigenvalue weighted by Crippen LogP contribution is 2.55. The Balaban J connectivity index is 2.23. The van der Waals surface area contributed by atoms with Crippen molar-refractivity contribution in [3.05, 3.63) is 65.0 Å². The molecule has 0 radical (unpaired) electrons. The van der Waals surface area contributed by atoms with Gasteiger partial charge in [-0.3, -0.25) is 0 Å². The van der Waals surface area contributed by atoms with Gasteiger partial charge in [0, 0.05) is 11.1 Å². The monoisotopic (exact) mass is 566 g/mol. The van der Waals surface area contributed by atoms with Gasteiger partial charge in [0.1, 0.15) is 11.6 Å². The summed E-state index contributed by atoms with van der Waals surface area (Å²) < 4.78 is 168. The van der Waals surface area contributed by atoms with Gasteiger partial charge >= 0.3 is 33.4 Å². The molecule has 1 aliphatic carbocycles. The van der Waals surface area contributed by atoms with E-state index in [0.717, 1.165) is 30.3 Å². The van der Waals surface area contributed by atoms with Gasteiger partial charge in [-0.15, -0.1) is 0 Å². The number of hydrogen-bond acceptors (Lipinski definition) is 4. The van der Waals surface area contributed by atoms with E-state index in [1.54, 1.807) is 0 Å². The zero-order valence-corrected chi connectivity index (χ0v) is 19.3. The lowest BCUT2D eigenvalue weighted by Crippen LogP contribution is -2.63. The van der Waals surface area contributed by atoms with E-state index in [4.69, 9.17) is 4.74 Å². The van der Waals surface area contributed by atoms with Gasteiger partial charge in [0.05, 0.1) is 7.11 Å². The molecule has 0 atom stereocenters. The molecule has 2 aromatic carbocycles. The summed E-state index contributed by atoms with van der Waals surface area (Å²) in [4.78, 5) is 0. The fourth-order valence-electron chi connectivity index (χ4n) is 3.56. The molecule has 15 heteroatoms. The summed E-state index contributed by atoms with van der Waals surface area (Å²) in [6.45, 7) is 0. The van der Waals surface area contributed by atoms with Crippen molar-refractivity contribution in [3.63, 3.8) is 0 Å². The van der Waals surface area contributed by atoms with Crippen molar-refractivity contribution in [1.29, 1.82) is 0 Å². The van der Waals surface area contributed by atoms with Crippen molar-refractivity contribution in [2.45, 2.75) is 42.5 Å². The Morgan fingerprint density at radius 3 is 1.95 bits per heavy atom. The standard InChI is InChI=1S/C22H16F10O4S/c1-35-15-9-10-17-13(11-15)3-2-4-16(12-5-7-14(23)8-6-12)18(17)36-37(33,34)22(31,32)20(26,27)19(24,25)21(28,29)30/h5-11H,2-4H2,1H3. The molecule has 0 aliphatic heterocycles. The number of fused-ring (bicyclic) bond motifs is 1. The molecule has 0 aromatic heterocycles. The minimum absolute atomic E-state index is 0.00836. The lowest BCUT2D eigenvalue weighted by Gasteiger charge is -2.32. The number of allylic oxidation sites excluding steroid dienone is 1. The summed E-state index contributed by atoms with van der Waals surface area (Å²) in [5.74, 6) is -16.5. The number of benzene rings is 2. The maximum absolute atomic E-state index is 14.4. The zero-order valence-electron chi connectivity index (χ0n) is 18.5. The largest absolute Gasteiger partial charge is 0.497 e. The van der Waals surface area contributed by atoms with Gasteiger partial charge in [-0.1, -0.05) is 12.1 Å². The van der Waals surface area contributed by atoms with E-state index in [2.05, 4.69) is 4.18 Å². The number of ether oxygens (including phenoxy) is 1. The van der Waals surface area contributed by atoms with Gasteiger partial charge in [0.15, 0.2) is 5.76 Å². The molecule has 204 valence electrons. The molecule has 0 bridgehead atoms. The van der Waals surface area contributed by atoms with Crippen LogP contribution in [0.25, 0.3) is 11.3 Å². The maximum atomic E-state index is 14.4. The molecule has 4 nitrogen and oxygen atoms in total. The first-order valence-corrected chi connectivity index (χ1v) is 11.6.